The van der Waals surface area contributed by atoms with Gasteiger partial charge in [0.15, 0.2) is 5.76 Å². The molecule has 0 aliphatic rings. The molecule has 0 aliphatic heterocycles. The number of tetrazole rings is 1. The van der Waals surface area contributed by atoms with Gasteiger partial charge in [0.2, 0.25) is 5.82 Å². The summed E-state index contributed by atoms with van der Waals surface area (Å²) >= 11 is 0. The number of furan rings is 1. The zero-order valence-electron chi connectivity index (χ0n) is 10.2. The Morgan fingerprint density at radius 3 is 2.94 bits per heavy atom. The summed E-state index contributed by atoms with van der Waals surface area (Å²) in [5.74, 6) is 0.0793. The van der Waals surface area contributed by atoms with Crippen molar-refractivity contribution in [3.8, 4) is 11.6 Å². The van der Waals surface area contributed by atoms with Gasteiger partial charge in [-0.1, -0.05) is 6.92 Å². The van der Waals surface area contributed by atoms with Crippen molar-refractivity contribution >= 4 is 5.97 Å². The van der Waals surface area contributed by atoms with Gasteiger partial charge >= 0.3 is 5.97 Å². The quantitative estimate of drug-likeness (QED) is 0.862. The molecule has 96 valence electrons. The van der Waals surface area contributed by atoms with E-state index in [-0.39, 0.29) is 6.54 Å². The van der Waals surface area contributed by atoms with Crippen LogP contribution in [0.15, 0.2) is 22.8 Å². The highest BCUT2D eigenvalue weighted by atomic mass is 16.4. The van der Waals surface area contributed by atoms with E-state index in [0.29, 0.717) is 18.0 Å². The maximum atomic E-state index is 11.3. The smallest absolute Gasteiger partial charge is 0.311 e. The molecule has 1 atom stereocenters. The molecule has 18 heavy (non-hydrogen) atoms. The molecule has 1 unspecified atom stereocenters. The fourth-order valence-corrected chi connectivity index (χ4v) is 1.55. The van der Waals surface area contributed by atoms with Gasteiger partial charge in [0.25, 0.3) is 0 Å². The Balaban J connectivity index is 2.31. The SMILES string of the molecule is CCC(C)(Cn1nnnc1-c1ccco1)C(=O)O. The third-order valence-electron chi connectivity index (χ3n) is 3.07. The van der Waals surface area contributed by atoms with Crippen LogP contribution in [0.4, 0.5) is 0 Å². The number of rotatable bonds is 5. The van der Waals surface area contributed by atoms with E-state index in [1.54, 1.807) is 19.1 Å². The predicted molar refractivity (Wildman–Crippen MR) is 61.6 cm³/mol. The number of carboxylic acids is 1. The van der Waals surface area contributed by atoms with Crippen molar-refractivity contribution in [3.63, 3.8) is 0 Å². The molecule has 2 aromatic rings. The van der Waals surface area contributed by atoms with Crippen LogP contribution in [-0.2, 0) is 11.3 Å². The molecule has 2 aromatic heterocycles. The second-order valence-corrected chi connectivity index (χ2v) is 4.36. The van der Waals surface area contributed by atoms with Crippen molar-refractivity contribution in [1.29, 1.82) is 0 Å². The first-order valence-corrected chi connectivity index (χ1v) is 5.60. The minimum atomic E-state index is -0.906. The normalized spacial score (nSPS) is 14.3. The van der Waals surface area contributed by atoms with Crippen LogP contribution in [0.1, 0.15) is 20.3 Å². The van der Waals surface area contributed by atoms with Crippen molar-refractivity contribution in [2.75, 3.05) is 0 Å². The van der Waals surface area contributed by atoms with Crippen LogP contribution in [0.5, 0.6) is 0 Å². The summed E-state index contributed by atoms with van der Waals surface area (Å²) in [6, 6.07) is 3.46. The Bertz CT molecular complexity index is 534. The third kappa shape index (κ3) is 2.11. The molecule has 0 saturated carbocycles. The molecule has 0 saturated heterocycles. The van der Waals surface area contributed by atoms with E-state index < -0.39 is 11.4 Å². The van der Waals surface area contributed by atoms with Crippen molar-refractivity contribution in [3.05, 3.63) is 18.4 Å². The highest BCUT2D eigenvalue weighted by molar-refractivity contribution is 5.74. The van der Waals surface area contributed by atoms with Crippen LogP contribution < -0.4 is 0 Å². The molecule has 0 amide bonds. The molecule has 2 heterocycles. The summed E-state index contributed by atoms with van der Waals surface area (Å²) in [5, 5.41) is 20.5. The molecular weight excluding hydrogens is 236 g/mol. The lowest BCUT2D eigenvalue weighted by Gasteiger charge is -2.22. The van der Waals surface area contributed by atoms with Gasteiger partial charge in [0.1, 0.15) is 0 Å². The molecule has 0 bridgehead atoms. The first-order valence-electron chi connectivity index (χ1n) is 5.60. The van der Waals surface area contributed by atoms with E-state index in [0.717, 1.165) is 0 Å². The van der Waals surface area contributed by atoms with Crippen LogP contribution in [0.3, 0.4) is 0 Å². The number of carboxylic acid groups (broad SMARTS) is 1. The lowest BCUT2D eigenvalue weighted by atomic mass is 9.88. The zero-order chi connectivity index (χ0) is 13.2. The highest BCUT2D eigenvalue weighted by Gasteiger charge is 2.33. The number of carbonyl (C=O) groups is 1. The summed E-state index contributed by atoms with van der Waals surface area (Å²) in [4.78, 5) is 11.3. The van der Waals surface area contributed by atoms with Gasteiger partial charge in [-0.3, -0.25) is 4.79 Å². The van der Waals surface area contributed by atoms with Gasteiger partial charge in [-0.15, -0.1) is 5.10 Å². The minimum Gasteiger partial charge on any atom is -0.481 e. The Morgan fingerprint density at radius 2 is 2.39 bits per heavy atom. The number of aliphatic carboxylic acids is 1. The van der Waals surface area contributed by atoms with E-state index in [1.807, 2.05) is 6.92 Å². The second-order valence-electron chi connectivity index (χ2n) is 4.36. The van der Waals surface area contributed by atoms with Crippen LogP contribution in [0.2, 0.25) is 0 Å². The minimum absolute atomic E-state index is 0.196. The van der Waals surface area contributed by atoms with Crippen LogP contribution in [0.25, 0.3) is 11.6 Å². The maximum absolute atomic E-state index is 11.3. The van der Waals surface area contributed by atoms with E-state index in [1.165, 1.54) is 10.9 Å². The van der Waals surface area contributed by atoms with Crippen molar-refractivity contribution in [2.45, 2.75) is 26.8 Å². The molecule has 7 heteroatoms. The highest BCUT2D eigenvalue weighted by Crippen LogP contribution is 2.26. The molecule has 0 spiro atoms. The Hall–Kier alpha value is -2.18. The first kappa shape index (κ1) is 12.3. The standard InChI is InChI=1S/C11H14N4O3/c1-3-11(2,10(16)17)7-15-9(12-13-14-15)8-5-4-6-18-8/h4-6H,3,7H2,1-2H3,(H,16,17). The van der Waals surface area contributed by atoms with Gasteiger partial charge < -0.3 is 9.52 Å². The van der Waals surface area contributed by atoms with Gasteiger partial charge in [0, 0.05) is 0 Å². The van der Waals surface area contributed by atoms with E-state index in [9.17, 15) is 9.90 Å². The van der Waals surface area contributed by atoms with E-state index in [4.69, 9.17) is 4.42 Å². The molecule has 2 rings (SSSR count). The summed E-state index contributed by atoms with van der Waals surface area (Å²) in [6.07, 6.45) is 2.00. The second kappa shape index (κ2) is 4.59. The van der Waals surface area contributed by atoms with Crippen molar-refractivity contribution in [2.24, 2.45) is 5.41 Å². The monoisotopic (exact) mass is 250 g/mol. The zero-order valence-corrected chi connectivity index (χ0v) is 10.2. The van der Waals surface area contributed by atoms with E-state index >= 15 is 0 Å². The average Bonchev–Trinajstić information content (AvgIpc) is 2.98. The Kier molecular flexibility index (Phi) is 3.14. The molecule has 7 nitrogen and oxygen atoms in total. The lowest BCUT2D eigenvalue weighted by Crippen LogP contribution is -2.32. The van der Waals surface area contributed by atoms with Gasteiger partial charge in [0.05, 0.1) is 18.2 Å². The number of aromatic nitrogens is 4. The van der Waals surface area contributed by atoms with Crippen LogP contribution in [0, 0.1) is 5.41 Å². The number of hydrogen-bond acceptors (Lipinski definition) is 5. The van der Waals surface area contributed by atoms with Crippen molar-refractivity contribution in [1.82, 2.24) is 20.2 Å². The number of hydrogen-bond donors (Lipinski definition) is 1. The van der Waals surface area contributed by atoms with Gasteiger partial charge in [-0.25, -0.2) is 4.68 Å². The Labute approximate surface area is 103 Å². The topological polar surface area (TPSA) is 94.0 Å². The Morgan fingerprint density at radius 1 is 1.61 bits per heavy atom. The van der Waals surface area contributed by atoms with Gasteiger partial charge in [-0.05, 0) is 35.9 Å². The number of nitrogens with zero attached hydrogens (tertiary/aromatic N) is 4. The summed E-state index contributed by atoms with van der Waals surface area (Å²) < 4.78 is 6.67. The molecule has 0 aromatic carbocycles. The van der Waals surface area contributed by atoms with Crippen molar-refractivity contribution < 1.29 is 14.3 Å². The fraction of sp³-hybridized carbons (Fsp3) is 0.455. The molecular formula is C11H14N4O3. The lowest BCUT2D eigenvalue weighted by molar-refractivity contribution is -0.149. The van der Waals surface area contributed by atoms with E-state index in [2.05, 4.69) is 15.5 Å². The van der Waals surface area contributed by atoms with Crippen LogP contribution >= 0.6 is 0 Å². The molecule has 0 aliphatic carbocycles. The first-order chi connectivity index (χ1) is 8.57. The summed E-state index contributed by atoms with van der Waals surface area (Å²) in [5.41, 5.74) is -0.906. The summed E-state index contributed by atoms with van der Waals surface area (Å²) in [6.45, 7) is 3.69. The molecule has 1 N–H and O–H groups in total. The maximum Gasteiger partial charge on any atom is 0.311 e. The third-order valence-corrected chi connectivity index (χ3v) is 3.07. The predicted octanol–water partition coefficient (Wildman–Crippen LogP) is 1.43. The fourth-order valence-electron chi connectivity index (χ4n) is 1.55. The average molecular weight is 250 g/mol. The molecule has 0 radical (unpaired) electrons. The largest absolute Gasteiger partial charge is 0.481 e. The van der Waals surface area contributed by atoms with Gasteiger partial charge in [-0.2, -0.15) is 0 Å². The summed E-state index contributed by atoms with van der Waals surface area (Å²) in [7, 11) is 0. The molecule has 0 fully saturated rings. The van der Waals surface area contributed by atoms with Crippen LogP contribution in [-0.4, -0.2) is 31.3 Å².